The zero-order valence-electron chi connectivity index (χ0n) is 13.7. The van der Waals surface area contributed by atoms with Gasteiger partial charge in [0.25, 0.3) is 0 Å². The summed E-state index contributed by atoms with van der Waals surface area (Å²) < 4.78 is 4.67. The molecule has 0 spiro atoms. The maximum atomic E-state index is 11.7. The molecule has 0 bridgehead atoms. The molecule has 0 aromatic rings. The Bertz CT molecular complexity index is 358. The average Bonchev–Trinajstić information content (AvgIpc) is 2.46. The second kappa shape index (κ2) is 12.0. The van der Waals surface area contributed by atoms with Crippen molar-refractivity contribution < 1.29 is 24.2 Å². The zero-order valence-corrected chi connectivity index (χ0v) is 13.7. The van der Waals surface area contributed by atoms with E-state index in [-0.39, 0.29) is 19.1 Å². The zero-order chi connectivity index (χ0) is 17.0. The van der Waals surface area contributed by atoms with Gasteiger partial charge in [0.2, 0.25) is 11.8 Å². The Labute approximate surface area is 131 Å². The molecule has 2 amide bonds. The SMILES string of the molecule is CCOC(=O)CNC(=O)C(CO)NC(=O)CCCCC(C)C. The number of aliphatic hydroxyl groups is 1. The average molecular weight is 316 g/mol. The normalized spacial score (nSPS) is 11.9. The van der Waals surface area contributed by atoms with Gasteiger partial charge in [-0.2, -0.15) is 0 Å². The molecule has 0 heterocycles. The standard InChI is InChI=1S/C15H28N2O5/c1-4-22-14(20)9-16-15(21)12(10-18)17-13(19)8-6-5-7-11(2)3/h11-12,18H,4-10H2,1-3H3,(H,16,21)(H,17,19). The van der Waals surface area contributed by atoms with Gasteiger partial charge in [-0.3, -0.25) is 14.4 Å². The first-order valence-electron chi connectivity index (χ1n) is 7.74. The second-order valence-corrected chi connectivity index (χ2v) is 5.47. The molecule has 7 heteroatoms. The lowest BCUT2D eigenvalue weighted by atomic mass is 10.1. The van der Waals surface area contributed by atoms with E-state index in [1.165, 1.54) is 0 Å². The molecule has 128 valence electrons. The largest absolute Gasteiger partial charge is 0.465 e. The van der Waals surface area contributed by atoms with E-state index in [9.17, 15) is 14.4 Å². The van der Waals surface area contributed by atoms with Gasteiger partial charge < -0.3 is 20.5 Å². The van der Waals surface area contributed by atoms with Crippen LogP contribution in [0.1, 0.15) is 46.5 Å². The highest BCUT2D eigenvalue weighted by Crippen LogP contribution is 2.07. The van der Waals surface area contributed by atoms with Crippen molar-refractivity contribution in [2.75, 3.05) is 19.8 Å². The van der Waals surface area contributed by atoms with Crippen molar-refractivity contribution in [1.82, 2.24) is 10.6 Å². The number of unbranched alkanes of at least 4 members (excludes halogenated alkanes) is 1. The summed E-state index contributed by atoms with van der Waals surface area (Å²) >= 11 is 0. The maximum Gasteiger partial charge on any atom is 0.325 e. The van der Waals surface area contributed by atoms with E-state index in [0.29, 0.717) is 12.3 Å². The highest BCUT2D eigenvalue weighted by atomic mass is 16.5. The van der Waals surface area contributed by atoms with Gasteiger partial charge in [0.05, 0.1) is 13.2 Å². The molecule has 0 radical (unpaired) electrons. The van der Waals surface area contributed by atoms with E-state index in [4.69, 9.17) is 5.11 Å². The Morgan fingerprint density at radius 2 is 1.86 bits per heavy atom. The molecule has 1 atom stereocenters. The molecule has 0 saturated carbocycles. The van der Waals surface area contributed by atoms with Crippen LogP contribution in [0.15, 0.2) is 0 Å². The molecule has 0 aliphatic carbocycles. The highest BCUT2D eigenvalue weighted by molar-refractivity contribution is 5.89. The Morgan fingerprint density at radius 3 is 2.41 bits per heavy atom. The second-order valence-electron chi connectivity index (χ2n) is 5.47. The first-order chi connectivity index (χ1) is 10.4. The van der Waals surface area contributed by atoms with Crippen molar-refractivity contribution in [2.45, 2.75) is 52.5 Å². The van der Waals surface area contributed by atoms with Gasteiger partial charge in [-0.15, -0.1) is 0 Å². The number of carbonyl (C=O) groups excluding carboxylic acids is 3. The number of aliphatic hydroxyl groups excluding tert-OH is 1. The molecular formula is C15H28N2O5. The van der Waals surface area contributed by atoms with Gasteiger partial charge in [-0.25, -0.2) is 0 Å². The summed E-state index contributed by atoms with van der Waals surface area (Å²) in [4.78, 5) is 34.6. The lowest BCUT2D eigenvalue weighted by Gasteiger charge is -2.16. The molecule has 0 fully saturated rings. The van der Waals surface area contributed by atoms with Crippen LogP contribution in [-0.4, -0.2) is 48.7 Å². The van der Waals surface area contributed by atoms with Crippen molar-refractivity contribution in [3.05, 3.63) is 0 Å². The van der Waals surface area contributed by atoms with Crippen LogP contribution >= 0.6 is 0 Å². The third-order valence-corrected chi connectivity index (χ3v) is 2.98. The summed E-state index contributed by atoms with van der Waals surface area (Å²) in [6.07, 6.45) is 3.06. The lowest BCUT2D eigenvalue weighted by Crippen LogP contribution is -2.50. The van der Waals surface area contributed by atoms with Crippen LogP contribution in [0.25, 0.3) is 0 Å². The summed E-state index contributed by atoms with van der Waals surface area (Å²) in [6.45, 7) is 5.33. The summed E-state index contributed by atoms with van der Waals surface area (Å²) in [7, 11) is 0. The van der Waals surface area contributed by atoms with E-state index in [2.05, 4.69) is 29.2 Å². The van der Waals surface area contributed by atoms with Crippen molar-refractivity contribution in [3.8, 4) is 0 Å². The molecule has 3 N–H and O–H groups in total. The fourth-order valence-corrected chi connectivity index (χ4v) is 1.79. The van der Waals surface area contributed by atoms with Crippen LogP contribution in [0.2, 0.25) is 0 Å². The fraction of sp³-hybridized carbons (Fsp3) is 0.800. The predicted molar refractivity (Wildman–Crippen MR) is 82.0 cm³/mol. The van der Waals surface area contributed by atoms with Gasteiger partial charge in [0.15, 0.2) is 0 Å². The Balaban J connectivity index is 4.04. The van der Waals surface area contributed by atoms with Crippen molar-refractivity contribution in [2.24, 2.45) is 5.92 Å². The smallest absolute Gasteiger partial charge is 0.325 e. The number of hydrogen-bond acceptors (Lipinski definition) is 5. The number of esters is 1. The lowest BCUT2D eigenvalue weighted by molar-refractivity contribution is -0.143. The van der Waals surface area contributed by atoms with Gasteiger partial charge in [0, 0.05) is 6.42 Å². The first kappa shape index (κ1) is 20.4. The molecule has 0 aromatic carbocycles. The van der Waals surface area contributed by atoms with Crippen LogP contribution in [0.3, 0.4) is 0 Å². The van der Waals surface area contributed by atoms with Gasteiger partial charge in [0.1, 0.15) is 12.6 Å². The van der Waals surface area contributed by atoms with Crippen LogP contribution in [0.5, 0.6) is 0 Å². The first-order valence-corrected chi connectivity index (χ1v) is 7.74. The van der Waals surface area contributed by atoms with Crippen molar-refractivity contribution in [1.29, 1.82) is 0 Å². The van der Waals surface area contributed by atoms with Gasteiger partial charge in [-0.05, 0) is 19.3 Å². The minimum absolute atomic E-state index is 0.227. The topological polar surface area (TPSA) is 105 Å². The number of carbonyl (C=O) groups is 3. The van der Waals surface area contributed by atoms with E-state index in [0.717, 1.165) is 19.3 Å². The van der Waals surface area contributed by atoms with Gasteiger partial charge >= 0.3 is 5.97 Å². The summed E-state index contributed by atoms with van der Waals surface area (Å²) in [5.74, 6) is -0.852. The summed E-state index contributed by atoms with van der Waals surface area (Å²) in [6, 6.07) is -1.05. The van der Waals surface area contributed by atoms with Crippen LogP contribution in [-0.2, 0) is 19.1 Å². The van der Waals surface area contributed by atoms with E-state index in [1.54, 1.807) is 6.92 Å². The number of nitrogens with one attached hydrogen (secondary N) is 2. The minimum atomic E-state index is -1.05. The Hall–Kier alpha value is -1.63. The molecule has 1 unspecified atom stereocenters. The Kier molecular flexibility index (Phi) is 11.1. The number of ether oxygens (including phenoxy) is 1. The number of rotatable bonds is 11. The Morgan fingerprint density at radius 1 is 1.18 bits per heavy atom. The number of amides is 2. The molecule has 0 aromatic heterocycles. The third-order valence-electron chi connectivity index (χ3n) is 2.98. The van der Waals surface area contributed by atoms with Gasteiger partial charge in [-0.1, -0.05) is 26.7 Å². The third kappa shape index (κ3) is 10.1. The monoisotopic (exact) mass is 316 g/mol. The molecule has 0 saturated heterocycles. The fourth-order valence-electron chi connectivity index (χ4n) is 1.79. The maximum absolute atomic E-state index is 11.7. The van der Waals surface area contributed by atoms with Crippen LogP contribution in [0.4, 0.5) is 0 Å². The highest BCUT2D eigenvalue weighted by Gasteiger charge is 2.20. The van der Waals surface area contributed by atoms with E-state index in [1.807, 2.05) is 0 Å². The van der Waals surface area contributed by atoms with Crippen LogP contribution < -0.4 is 10.6 Å². The van der Waals surface area contributed by atoms with Crippen molar-refractivity contribution >= 4 is 17.8 Å². The molecule has 0 aliphatic rings. The molecule has 0 rings (SSSR count). The molecule has 22 heavy (non-hydrogen) atoms. The van der Waals surface area contributed by atoms with Crippen molar-refractivity contribution in [3.63, 3.8) is 0 Å². The van der Waals surface area contributed by atoms with Crippen LogP contribution in [0, 0.1) is 5.92 Å². The summed E-state index contributed by atoms with van der Waals surface area (Å²) in [5, 5.41) is 13.9. The molecular weight excluding hydrogens is 288 g/mol. The molecule has 0 aliphatic heterocycles. The predicted octanol–water partition coefficient (Wildman–Crippen LogP) is 0.359. The minimum Gasteiger partial charge on any atom is -0.465 e. The number of hydrogen-bond donors (Lipinski definition) is 3. The van der Waals surface area contributed by atoms with E-state index < -0.39 is 24.5 Å². The quantitative estimate of drug-likeness (QED) is 0.377. The summed E-state index contributed by atoms with van der Waals surface area (Å²) in [5.41, 5.74) is 0. The van der Waals surface area contributed by atoms with E-state index >= 15 is 0 Å². The molecule has 7 nitrogen and oxygen atoms in total.